The molecule has 0 saturated carbocycles. The van der Waals surface area contributed by atoms with Gasteiger partial charge in [-0.05, 0) is 11.6 Å². The summed E-state index contributed by atoms with van der Waals surface area (Å²) in [5, 5.41) is 24.5. The molecule has 0 spiro atoms. The molecule has 0 fully saturated rings. The van der Waals surface area contributed by atoms with E-state index in [4.69, 9.17) is 21.5 Å². The Hall–Kier alpha value is -1.93. The molecule has 0 unspecified atom stereocenters. The van der Waals surface area contributed by atoms with Gasteiger partial charge in [0.2, 0.25) is 5.96 Å². The van der Waals surface area contributed by atoms with Crippen LogP contribution in [0, 0.1) is 5.82 Å². The summed E-state index contributed by atoms with van der Waals surface area (Å²) in [5.74, 6) is -0.922. The molecular formula is C8H10BFN4O2. The minimum Gasteiger partial charge on any atom is -0.423 e. The van der Waals surface area contributed by atoms with Gasteiger partial charge in [-0.1, -0.05) is 12.1 Å². The largest absolute Gasteiger partial charge is 0.491 e. The third-order valence-corrected chi connectivity index (χ3v) is 1.68. The van der Waals surface area contributed by atoms with E-state index < -0.39 is 12.9 Å². The van der Waals surface area contributed by atoms with Crippen LogP contribution in [0.4, 0.5) is 4.39 Å². The van der Waals surface area contributed by atoms with E-state index in [0.717, 1.165) is 6.07 Å². The van der Waals surface area contributed by atoms with Gasteiger partial charge in [-0.3, -0.25) is 0 Å². The van der Waals surface area contributed by atoms with Gasteiger partial charge in [0.15, 0.2) is 0 Å². The van der Waals surface area contributed by atoms with Crippen LogP contribution in [0.1, 0.15) is 5.56 Å². The second-order valence-corrected chi connectivity index (χ2v) is 2.92. The maximum atomic E-state index is 13.0. The van der Waals surface area contributed by atoms with Crippen LogP contribution >= 0.6 is 0 Å². The molecule has 8 heteroatoms. The summed E-state index contributed by atoms with van der Waals surface area (Å²) in [7, 11) is -1.88. The first kappa shape index (κ1) is 12.1. The highest BCUT2D eigenvalue weighted by molar-refractivity contribution is 6.58. The van der Waals surface area contributed by atoms with Crippen LogP contribution in [0.5, 0.6) is 0 Å². The maximum absolute atomic E-state index is 13.0. The molecule has 1 aromatic rings. The second-order valence-electron chi connectivity index (χ2n) is 2.92. The lowest BCUT2D eigenvalue weighted by Crippen LogP contribution is -2.33. The Morgan fingerprint density at radius 1 is 1.38 bits per heavy atom. The number of hydrogen-bond donors (Lipinski definition) is 4. The van der Waals surface area contributed by atoms with E-state index >= 15 is 0 Å². The van der Waals surface area contributed by atoms with Crippen molar-refractivity contribution in [1.82, 2.24) is 0 Å². The Morgan fingerprint density at radius 2 is 2.06 bits per heavy atom. The van der Waals surface area contributed by atoms with Gasteiger partial charge in [0.05, 0.1) is 6.21 Å². The van der Waals surface area contributed by atoms with Crippen LogP contribution in [0.25, 0.3) is 0 Å². The van der Waals surface area contributed by atoms with E-state index in [0.29, 0.717) is 5.56 Å². The van der Waals surface area contributed by atoms with Crippen molar-refractivity contribution >= 4 is 24.8 Å². The molecule has 6 nitrogen and oxygen atoms in total. The molecule has 84 valence electrons. The van der Waals surface area contributed by atoms with Crippen LogP contribution in [-0.4, -0.2) is 29.3 Å². The fraction of sp³-hybridized carbons (Fsp3) is 0. The zero-order valence-corrected chi connectivity index (χ0v) is 8.21. The quantitative estimate of drug-likeness (QED) is 0.208. The number of rotatable bonds is 3. The fourth-order valence-electron chi connectivity index (χ4n) is 1.00. The molecule has 0 heterocycles. The highest BCUT2D eigenvalue weighted by Crippen LogP contribution is 1.99. The summed E-state index contributed by atoms with van der Waals surface area (Å²) in [5.41, 5.74) is 10.3. The van der Waals surface area contributed by atoms with Gasteiger partial charge in [-0.15, -0.1) is 5.10 Å². The Labute approximate surface area is 91.2 Å². The van der Waals surface area contributed by atoms with Gasteiger partial charge in [-0.25, -0.2) is 4.39 Å². The summed E-state index contributed by atoms with van der Waals surface area (Å²) >= 11 is 0. The van der Waals surface area contributed by atoms with Crippen molar-refractivity contribution in [3.8, 4) is 0 Å². The maximum Gasteiger partial charge on any atom is 0.491 e. The number of nitrogens with two attached hydrogens (primary N) is 2. The lowest BCUT2D eigenvalue weighted by molar-refractivity contribution is 0.423. The van der Waals surface area contributed by atoms with Gasteiger partial charge in [0.1, 0.15) is 5.82 Å². The average Bonchev–Trinajstić information content (AvgIpc) is 2.19. The standard InChI is InChI=1S/C8H10BFN4O2/c10-7-2-1-5(3-6(7)9(15)16)4-13-14-8(11)12/h1-4,15-16H,(H4,11,12,14). The molecule has 16 heavy (non-hydrogen) atoms. The minimum atomic E-state index is -1.88. The SMILES string of the molecule is NC(N)=NN=Cc1ccc(F)c(B(O)O)c1. The first-order valence-electron chi connectivity index (χ1n) is 4.28. The second kappa shape index (κ2) is 5.24. The molecule has 0 aromatic heterocycles. The monoisotopic (exact) mass is 224 g/mol. The smallest absolute Gasteiger partial charge is 0.423 e. The van der Waals surface area contributed by atoms with Gasteiger partial charge < -0.3 is 21.5 Å². The van der Waals surface area contributed by atoms with Gasteiger partial charge >= 0.3 is 7.12 Å². The molecule has 0 aliphatic heterocycles. The highest BCUT2D eigenvalue weighted by atomic mass is 19.1. The summed E-state index contributed by atoms with van der Waals surface area (Å²) in [6.07, 6.45) is 1.25. The Kier molecular flexibility index (Phi) is 3.98. The number of nitrogens with zero attached hydrogens (tertiary/aromatic N) is 2. The summed E-state index contributed by atoms with van der Waals surface area (Å²) in [4.78, 5) is 0. The van der Waals surface area contributed by atoms with Crippen molar-refractivity contribution in [3.63, 3.8) is 0 Å². The Balaban J connectivity index is 2.95. The first-order valence-corrected chi connectivity index (χ1v) is 4.28. The number of hydrogen-bond acceptors (Lipinski definition) is 4. The van der Waals surface area contributed by atoms with Crippen molar-refractivity contribution < 1.29 is 14.4 Å². The van der Waals surface area contributed by atoms with E-state index in [1.807, 2.05) is 0 Å². The molecule has 0 radical (unpaired) electrons. The topological polar surface area (TPSA) is 117 Å². The fourth-order valence-corrected chi connectivity index (χ4v) is 1.00. The third-order valence-electron chi connectivity index (χ3n) is 1.68. The van der Waals surface area contributed by atoms with Crippen molar-refractivity contribution in [1.29, 1.82) is 0 Å². The normalized spacial score (nSPS) is 10.4. The molecule has 0 bridgehead atoms. The number of halogens is 1. The number of guanidine groups is 1. The molecule has 0 saturated heterocycles. The number of benzene rings is 1. The molecule has 0 amide bonds. The summed E-state index contributed by atoms with van der Waals surface area (Å²) in [6, 6.07) is 3.71. The molecule has 6 N–H and O–H groups in total. The van der Waals surface area contributed by atoms with Crippen LogP contribution in [0.15, 0.2) is 28.4 Å². The van der Waals surface area contributed by atoms with Crippen LogP contribution in [-0.2, 0) is 0 Å². The predicted octanol–water partition coefficient (Wildman–Crippen LogP) is -1.89. The zero-order valence-electron chi connectivity index (χ0n) is 8.21. The Bertz CT molecular complexity index is 432. The predicted molar refractivity (Wildman–Crippen MR) is 59.6 cm³/mol. The summed E-state index contributed by atoms with van der Waals surface area (Å²) in [6.45, 7) is 0. The van der Waals surface area contributed by atoms with Gasteiger partial charge in [0.25, 0.3) is 0 Å². The molecule has 1 rings (SSSR count). The van der Waals surface area contributed by atoms with Crippen LogP contribution in [0.2, 0.25) is 0 Å². The van der Waals surface area contributed by atoms with E-state index in [2.05, 4.69) is 10.2 Å². The first-order chi connectivity index (χ1) is 7.50. The Morgan fingerprint density at radius 3 is 2.62 bits per heavy atom. The zero-order chi connectivity index (χ0) is 12.1. The molecule has 1 aromatic carbocycles. The van der Waals surface area contributed by atoms with Crippen molar-refractivity contribution in [3.05, 3.63) is 29.6 Å². The van der Waals surface area contributed by atoms with Crippen molar-refractivity contribution in [2.45, 2.75) is 0 Å². The molecule has 0 atom stereocenters. The van der Waals surface area contributed by atoms with E-state index in [1.54, 1.807) is 0 Å². The van der Waals surface area contributed by atoms with Crippen molar-refractivity contribution in [2.75, 3.05) is 0 Å². The lowest BCUT2D eigenvalue weighted by Gasteiger charge is -2.01. The lowest BCUT2D eigenvalue weighted by atomic mass is 9.79. The van der Waals surface area contributed by atoms with E-state index in [9.17, 15) is 4.39 Å². The average molecular weight is 224 g/mol. The summed E-state index contributed by atoms with van der Waals surface area (Å²) < 4.78 is 13.0. The molecular weight excluding hydrogens is 214 g/mol. The van der Waals surface area contributed by atoms with Crippen molar-refractivity contribution in [2.24, 2.45) is 21.7 Å². The van der Waals surface area contributed by atoms with Gasteiger partial charge in [-0.2, -0.15) is 5.10 Å². The van der Waals surface area contributed by atoms with Gasteiger partial charge in [0, 0.05) is 5.46 Å². The minimum absolute atomic E-state index is 0.208. The van der Waals surface area contributed by atoms with Crippen LogP contribution < -0.4 is 16.9 Å². The van der Waals surface area contributed by atoms with E-state index in [-0.39, 0.29) is 11.4 Å². The third kappa shape index (κ3) is 3.33. The molecule has 0 aliphatic rings. The van der Waals surface area contributed by atoms with Crippen LogP contribution in [0.3, 0.4) is 0 Å². The highest BCUT2D eigenvalue weighted by Gasteiger charge is 2.16. The molecule has 0 aliphatic carbocycles. The van der Waals surface area contributed by atoms with E-state index in [1.165, 1.54) is 18.3 Å².